The van der Waals surface area contributed by atoms with E-state index in [9.17, 15) is 4.79 Å². The first kappa shape index (κ1) is 18.9. The number of nitriles is 1. The van der Waals surface area contributed by atoms with Crippen LogP contribution in [0, 0.1) is 29.2 Å². The number of carbonyl (C=O) groups excluding carboxylic acids is 1. The Hall–Kier alpha value is -3.11. The van der Waals surface area contributed by atoms with Crippen molar-refractivity contribution >= 4 is 17.5 Å². The highest BCUT2D eigenvalue weighted by Gasteiger charge is 2.47. The summed E-state index contributed by atoms with van der Waals surface area (Å²) >= 11 is 1.63. The standard InChI is InChI=1S/C23H21N5OS/c24-14-28-12-16-8-15(19(16)13-28)9-22(29)21-10-20(26-27-21)18-6-7-25-11-23(18)30-17-4-2-1-3-5-17/h1-7,10-11,15-16,19H,8-9,12-13H2,(H,26,27). The molecule has 1 saturated heterocycles. The van der Waals surface area contributed by atoms with Crippen LogP contribution in [0.5, 0.6) is 0 Å². The zero-order chi connectivity index (χ0) is 20.5. The maximum absolute atomic E-state index is 12.8. The predicted molar refractivity (Wildman–Crippen MR) is 114 cm³/mol. The molecule has 5 rings (SSSR count). The number of hydrogen-bond donors (Lipinski definition) is 1. The predicted octanol–water partition coefficient (Wildman–Crippen LogP) is 4.24. The minimum absolute atomic E-state index is 0.0962. The lowest BCUT2D eigenvalue weighted by Gasteiger charge is -2.38. The van der Waals surface area contributed by atoms with Gasteiger partial charge in [0.2, 0.25) is 0 Å². The van der Waals surface area contributed by atoms with Crippen LogP contribution in [0.25, 0.3) is 11.3 Å². The van der Waals surface area contributed by atoms with Crippen molar-refractivity contribution in [1.29, 1.82) is 5.26 Å². The molecule has 7 heteroatoms. The molecule has 2 fully saturated rings. The van der Waals surface area contributed by atoms with E-state index in [4.69, 9.17) is 5.26 Å². The highest BCUT2D eigenvalue weighted by atomic mass is 32.2. The van der Waals surface area contributed by atoms with Crippen LogP contribution < -0.4 is 0 Å². The number of likely N-dealkylation sites (tertiary alicyclic amines) is 1. The summed E-state index contributed by atoms with van der Waals surface area (Å²) in [4.78, 5) is 21.0. The van der Waals surface area contributed by atoms with Crippen molar-refractivity contribution in [3.05, 3.63) is 60.6 Å². The van der Waals surface area contributed by atoms with Crippen molar-refractivity contribution in [2.24, 2.45) is 17.8 Å². The Morgan fingerprint density at radius 2 is 2.13 bits per heavy atom. The maximum atomic E-state index is 12.8. The average Bonchev–Trinajstić information content (AvgIpc) is 3.38. The number of Topliss-reactive ketones (excluding diaryl/α,β-unsaturated/α-hetero) is 1. The lowest BCUT2D eigenvalue weighted by molar-refractivity contribution is 0.0775. The van der Waals surface area contributed by atoms with Gasteiger partial charge in [0.25, 0.3) is 0 Å². The maximum Gasteiger partial charge on any atom is 0.180 e. The Bertz CT molecular complexity index is 1110. The van der Waals surface area contributed by atoms with Gasteiger partial charge >= 0.3 is 0 Å². The molecule has 1 aliphatic heterocycles. The second kappa shape index (κ2) is 7.96. The summed E-state index contributed by atoms with van der Waals surface area (Å²) in [5, 5.41) is 16.4. The Morgan fingerprint density at radius 3 is 2.97 bits per heavy atom. The zero-order valence-electron chi connectivity index (χ0n) is 16.4. The van der Waals surface area contributed by atoms with Crippen LogP contribution in [0.2, 0.25) is 0 Å². The number of benzene rings is 1. The quantitative estimate of drug-likeness (QED) is 0.479. The molecule has 2 aliphatic rings. The first-order valence-electron chi connectivity index (χ1n) is 10.1. The van der Waals surface area contributed by atoms with E-state index in [0.717, 1.165) is 40.6 Å². The number of H-pyrrole nitrogens is 1. The first-order valence-corrected chi connectivity index (χ1v) is 10.9. The van der Waals surface area contributed by atoms with Crippen molar-refractivity contribution in [2.45, 2.75) is 22.6 Å². The summed E-state index contributed by atoms with van der Waals surface area (Å²) in [6.07, 6.45) is 7.38. The number of nitrogens with zero attached hydrogens (tertiary/aromatic N) is 4. The third-order valence-corrected chi connectivity index (χ3v) is 7.25. The van der Waals surface area contributed by atoms with Crippen molar-refractivity contribution in [3.63, 3.8) is 0 Å². The number of carbonyl (C=O) groups is 1. The van der Waals surface area contributed by atoms with Crippen LogP contribution in [-0.2, 0) is 0 Å². The zero-order valence-corrected chi connectivity index (χ0v) is 17.2. The molecule has 0 amide bonds. The summed E-state index contributed by atoms with van der Waals surface area (Å²) in [5.41, 5.74) is 2.26. The number of aromatic nitrogens is 3. The van der Waals surface area contributed by atoms with Crippen molar-refractivity contribution < 1.29 is 4.79 Å². The van der Waals surface area contributed by atoms with E-state index < -0.39 is 0 Å². The fourth-order valence-electron chi connectivity index (χ4n) is 4.60. The first-order chi connectivity index (χ1) is 14.7. The SMILES string of the molecule is N#CN1CC2CC(CC(=O)c3cc(-c4ccncc4Sc4ccccc4)n[nH]3)C2C1. The molecule has 6 nitrogen and oxygen atoms in total. The van der Waals surface area contributed by atoms with Crippen LogP contribution in [0.1, 0.15) is 23.3 Å². The molecule has 1 aromatic carbocycles. The van der Waals surface area contributed by atoms with E-state index in [1.165, 1.54) is 0 Å². The van der Waals surface area contributed by atoms with Crippen molar-refractivity contribution in [1.82, 2.24) is 20.1 Å². The second-order valence-electron chi connectivity index (χ2n) is 8.01. The highest BCUT2D eigenvalue weighted by Crippen LogP contribution is 2.47. The molecule has 1 N–H and O–H groups in total. The van der Waals surface area contributed by atoms with Gasteiger partial charge in [-0.15, -0.1) is 0 Å². The van der Waals surface area contributed by atoms with Crippen LogP contribution in [0.3, 0.4) is 0 Å². The fraction of sp³-hybridized carbons (Fsp3) is 0.304. The van der Waals surface area contributed by atoms with Gasteiger partial charge < -0.3 is 4.90 Å². The molecule has 0 spiro atoms. The Kier molecular flexibility index (Phi) is 5.01. The van der Waals surface area contributed by atoms with E-state index in [0.29, 0.717) is 29.9 Å². The summed E-state index contributed by atoms with van der Waals surface area (Å²) in [5.74, 6) is 1.52. The minimum Gasteiger partial charge on any atom is -0.310 e. The second-order valence-corrected chi connectivity index (χ2v) is 9.12. The van der Waals surface area contributed by atoms with Crippen molar-refractivity contribution in [3.8, 4) is 17.5 Å². The van der Waals surface area contributed by atoms with Crippen molar-refractivity contribution in [2.75, 3.05) is 13.1 Å². The van der Waals surface area contributed by atoms with E-state index in [2.05, 4.69) is 33.5 Å². The van der Waals surface area contributed by atoms with E-state index in [-0.39, 0.29) is 5.78 Å². The molecule has 0 bridgehead atoms. The molecule has 150 valence electrons. The van der Waals surface area contributed by atoms with Crippen LogP contribution in [0.15, 0.2) is 64.6 Å². The third kappa shape index (κ3) is 3.59. The van der Waals surface area contributed by atoms with Crippen LogP contribution >= 0.6 is 11.8 Å². The fourth-order valence-corrected chi connectivity index (χ4v) is 5.55. The monoisotopic (exact) mass is 415 g/mol. The van der Waals surface area contributed by atoms with Crippen LogP contribution in [0.4, 0.5) is 0 Å². The largest absolute Gasteiger partial charge is 0.310 e. The third-order valence-electron chi connectivity index (χ3n) is 6.20. The lowest BCUT2D eigenvalue weighted by Crippen LogP contribution is -2.36. The molecule has 3 heterocycles. The molecule has 0 radical (unpaired) electrons. The van der Waals surface area contributed by atoms with E-state index in [1.54, 1.807) is 18.0 Å². The number of fused-ring (bicyclic) bond motifs is 1. The summed E-state index contributed by atoms with van der Waals surface area (Å²) in [7, 11) is 0. The number of rotatable bonds is 6. The smallest absolute Gasteiger partial charge is 0.180 e. The van der Waals surface area contributed by atoms with Gasteiger partial charge in [0.05, 0.1) is 5.69 Å². The van der Waals surface area contributed by atoms with E-state index in [1.807, 2.05) is 41.4 Å². The number of hydrogen-bond acceptors (Lipinski definition) is 6. The highest BCUT2D eigenvalue weighted by molar-refractivity contribution is 7.99. The van der Waals surface area contributed by atoms with Gasteiger partial charge in [0.1, 0.15) is 5.69 Å². The average molecular weight is 416 g/mol. The molecule has 30 heavy (non-hydrogen) atoms. The number of pyridine rings is 1. The minimum atomic E-state index is 0.0962. The Labute approximate surface area is 179 Å². The normalized spacial score (nSPS) is 22.2. The van der Waals surface area contributed by atoms with E-state index >= 15 is 0 Å². The molecule has 3 aromatic rings. The number of ketones is 1. The molecular weight excluding hydrogens is 394 g/mol. The molecule has 3 atom stereocenters. The van der Waals surface area contributed by atoms with Gasteiger partial charge in [0, 0.05) is 47.3 Å². The van der Waals surface area contributed by atoms with Gasteiger partial charge in [-0.2, -0.15) is 10.4 Å². The Morgan fingerprint density at radius 1 is 1.27 bits per heavy atom. The Balaban J connectivity index is 1.29. The van der Waals surface area contributed by atoms with Gasteiger partial charge in [0.15, 0.2) is 12.0 Å². The molecule has 1 saturated carbocycles. The van der Waals surface area contributed by atoms with Gasteiger partial charge in [-0.3, -0.25) is 14.9 Å². The summed E-state index contributed by atoms with van der Waals surface area (Å²) < 4.78 is 0. The number of nitrogens with one attached hydrogen (secondary N) is 1. The molecule has 2 aromatic heterocycles. The lowest BCUT2D eigenvalue weighted by atomic mass is 9.65. The molecule has 1 aliphatic carbocycles. The van der Waals surface area contributed by atoms with Crippen LogP contribution in [-0.4, -0.2) is 39.0 Å². The summed E-state index contributed by atoms with van der Waals surface area (Å²) in [6, 6.07) is 13.9. The topological polar surface area (TPSA) is 85.7 Å². The summed E-state index contributed by atoms with van der Waals surface area (Å²) in [6.45, 7) is 1.65. The van der Waals surface area contributed by atoms with Gasteiger partial charge in [-0.05, 0) is 48.4 Å². The number of aromatic amines is 1. The van der Waals surface area contributed by atoms with Gasteiger partial charge in [-0.25, -0.2) is 0 Å². The molecule has 3 unspecified atom stereocenters. The molecular formula is C23H21N5OS. The van der Waals surface area contributed by atoms with Gasteiger partial charge in [-0.1, -0.05) is 30.0 Å².